The fourth-order valence-electron chi connectivity index (χ4n) is 2.24. The molecule has 0 saturated carbocycles. The third-order valence-corrected chi connectivity index (χ3v) is 3.22. The zero-order valence-corrected chi connectivity index (χ0v) is 13.1. The molecule has 108 valence electrons. The number of nitrogens with one attached hydrogen (secondary N) is 1. The lowest BCUT2D eigenvalue weighted by molar-refractivity contribution is -0.122. The molecule has 0 heterocycles. The fraction of sp³-hybridized carbons (Fsp3) is 0.533. The highest BCUT2D eigenvalue weighted by Crippen LogP contribution is 2.16. The van der Waals surface area contributed by atoms with Crippen LogP contribution in [0.2, 0.25) is 0 Å². The van der Waals surface area contributed by atoms with Crippen LogP contribution in [0, 0.1) is 20.8 Å². The average molecular weight is 285 g/mol. The summed E-state index contributed by atoms with van der Waals surface area (Å²) in [5.74, 6) is -0.0591. The van der Waals surface area contributed by atoms with E-state index in [0.29, 0.717) is 6.54 Å². The minimum absolute atomic E-state index is 0. The predicted octanol–water partition coefficient (Wildman–Crippen LogP) is 2.78. The first-order valence-electron chi connectivity index (χ1n) is 6.55. The molecule has 0 bridgehead atoms. The van der Waals surface area contributed by atoms with Gasteiger partial charge in [-0.2, -0.15) is 0 Å². The van der Waals surface area contributed by atoms with Gasteiger partial charge in [0.1, 0.15) is 0 Å². The van der Waals surface area contributed by atoms with Gasteiger partial charge in [0.15, 0.2) is 0 Å². The molecule has 0 fully saturated rings. The molecule has 1 rings (SSSR count). The van der Waals surface area contributed by atoms with E-state index in [1.807, 2.05) is 6.92 Å². The fourth-order valence-corrected chi connectivity index (χ4v) is 2.24. The summed E-state index contributed by atoms with van der Waals surface area (Å²) in [5.41, 5.74) is 10.7. The Morgan fingerprint density at radius 3 is 2.26 bits per heavy atom. The molecule has 1 unspecified atom stereocenters. The number of hydrogen-bond acceptors (Lipinski definition) is 2. The summed E-state index contributed by atoms with van der Waals surface area (Å²) in [6.45, 7) is 8.83. The highest BCUT2D eigenvalue weighted by Gasteiger charge is 2.12. The van der Waals surface area contributed by atoms with Gasteiger partial charge in [-0.1, -0.05) is 31.0 Å². The van der Waals surface area contributed by atoms with Crippen molar-refractivity contribution in [2.45, 2.75) is 53.1 Å². The Kier molecular flexibility index (Phi) is 7.72. The van der Waals surface area contributed by atoms with E-state index in [4.69, 9.17) is 5.73 Å². The third kappa shape index (κ3) is 5.21. The van der Waals surface area contributed by atoms with Gasteiger partial charge in [0, 0.05) is 6.54 Å². The standard InChI is InChI=1S/C15H24N2O.ClH/c1-5-6-14(16)15(18)17-9-13-11(3)7-10(2)8-12(13)4;/h7-8,14H,5-6,9,16H2,1-4H3,(H,17,18);1H. The Bertz CT molecular complexity index is 409. The summed E-state index contributed by atoms with van der Waals surface area (Å²) < 4.78 is 0. The van der Waals surface area contributed by atoms with E-state index >= 15 is 0 Å². The molecule has 0 aliphatic heterocycles. The topological polar surface area (TPSA) is 55.1 Å². The van der Waals surface area contributed by atoms with Gasteiger partial charge in [0.05, 0.1) is 6.04 Å². The lowest BCUT2D eigenvalue weighted by atomic mass is 10.00. The molecule has 0 aromatic heterocycles. The van der Waals surface area contributed by atoms with E-state index in [9.17, 15) is 4.79 Å². The number of nitrogens with two attached hydrogens (primary N) is 1. The Hall–Kier alpha value is -1.06. The normalized spacial score (nSPS) is 11.6. The smallest absolute Gasteiger partial charge is 0.237 e. The second kappa shape index (κ2) is 8.18. The molecule has 0 aliphatic carbocycles. The Morgan fingerprint density at radius 1 is 1.26 bits per heavy atom. The maximum absolute atomic E-state index is 11.8. The second-order valence-electron chi connectivity index (χ2n) is 4.99. The van der Waals surface area contributed by atoms with Gasteiger partial charge >= 0.3 is 0 Å². The average Bonchev–Trinajstić information content (AvgIpc) is 2.27. The van der Waals surface area contributed by atoms with Gasteiger partial charge in [-0.05, 0) is 43.9 Å². The van der Waals surface area contributed by atoms with Crippen LogP contribution >= 0.6 is 12.4 Å². The first kappa shape index (κ1) is 17.9. The van der Waals surface area contributed by atoms with Crippen molar-refractivity contribution in [2.24, 2.45) is 5.73 Å². The molecule has 1 atom stereocenters. The Morgan fingerprint density at radius 2 is 1.79 bits per heavy atom. The van der Waals surface area contributed by atoms with Gasteiger partial charge in [-0.15, -0.1) is 12.4 Å². The zero-order valence-electron chi connectivity index (χ0n) is 12.2. The van der Waals surface area contributed by atoms with Crippen molar-refractivity contribution >= 4 is 18.3 Å². The number of halogens is 1. The van der Waals surface area contributed by atoms with E-state index < -0.39 is 0 Å². The largest absolute Gasteiger partial charge is 0.351 e. The van der Waals surface area contributed by atoms with Crippen LogP contribution in [0.25, 0.3) is 0 Å². The molecule has 3 N–H and O–H groups in total. The van der Waals surface area contributed by atoms with E-state index in [0.717, 1.165) is 12.8 Å². The number of amides is 1. The van der Waals surface area contributed by atoms with Crippen LogP contribution < -0.4 is 11.1 Å². The quantitative estimate of drug-likeness (QED) is 0.873. The molecule has 1 aromatic carbocycles. The minimum atomic E-state index is -0.388. The summed E-state index contributed by atoms with van der Waals surface area (Å²) >= 11 is 0. The molecule has 1 amide bonds. The van der Waals surface area contributed by atoms with E-state index in [1.54, 1.807) is 0 Å². The molecule has 0 aliphatic rings. The van der Waals surface area contributed by atoms with Crippen LogP contribution in [0.15, 0.2) is 12.1 Å². The maximum Gasteiger partial charge on any atom is 0.237 e. The molecule has 0 saturated heterocycles. The van der Waals surface area contributed by atoms with Gasteiger partial charge in [-0.3, -0.25) is 4.79 Å². The van der Waals surface area contributed by atoms with Crippen molar-refractivity contribution in [1.29, 1.82) is 0 Å². The van der Waals surface area contributed by atoms with Crippen LogP contribution in [0.5, 0.6) is 0 Å². The van der Waals surface area contributed by atoms with Crippen molar-refractivity contribution in [3.8, 4) is 0 Å². The Balaban J connectivity index is 0.00000324. The number of carbonyl (C=O) groups excluding carboxylic acids is 1. The molecule has 4 heteroatoms. The van der Waals surface area contributed by atoms with Crippen molar-refractivity contribution < 1.29 is 4.79 Å². The van der Waals surface area contributed by atoms with Crippen LogP contribution in [-0.4, -0.2) is 11.9 Å². The molecule has 0 spiro atoms. The molecule has 3 nitrogen and oxygen atoms in total. The van der Waals surface area contributed by atoms with Crippen molar-refractivity contribution in [3.63, 3.8) is 0 Å². The summed E-state index contributed by atoms with van der Waals surface area (Å²) in [7, 11) is 0. The van der Waals surface area contributed by atoms with Gasteiger partial charge in [0.2, 0.25) is 5.91 Å². The lowest BCUT2D eigenvalue weighted by Gasteiger charge is -2.15. The molecular formula is C15H25ClN2O. The third-order valence-electron chi connectivity index (χ3n) is 3.22. The van der Waals surface area contributed by atoms with Crippen LogP contribution in [0.4, 0.5) is 0 Å². The molecule has 19 heavy (non-hydrogen) atoms. The summed E-state index contributed by atoms with van der Waals surface area (Å²) in [5, 5.41) is 2.92. The summed E-state index contributed by atoms with van der Waals surface area (Å²) in [6.07, 6.45) is 1.66. The van der Waals surface area contributed by atoms with Gasteiger partial charge < -0.3 is 11.1 Å². The molecular weight excluding hydrogens is 260 g/mol. The van der Waals surface area contributed by atoms with Crippen molar-refractivity contribution in [3.05, 3.63) is 34.4 Å². The highest BCUT2D eigenvalue weighted by atomic mass is 35.5. The highest BCUT2D eigenvalue weighted by molar-refractivity contribution is 5.85. The first-order valence-corrected chi connectivity index (χ1v) is 6.55. The van der Waals surface area contributed by atoms with Crippen LogP contribution in [0.3, 0.4) is 0 Å². The number of carbonyl (C=O) groups is 1. The summed E-state index contributed by atoms with van der Waals surface area (Å²) in [6, 6.07) is 3.89. The zero-order chi connectivity index (χ0) is 13.7. The first-order chi connectivity index (χ1) is 8.45. The SMILES string of the molecule is CCCC(N)C(=O)NCc1c(C)cc(C)cc1C.Cl. The number of aryl methyl sites for hydroxylation is 3. The minimum Gasteiger partial charge on any atom is -0.351 e. The van der Waals surface area contributed by atoms with Crippen LogP contribution in [-0.2, 0) is 11.3 Å². The second-order valence-corrected chi connectivity index (χ2v) is 4.99. The van der Waals surface area contributed by atoms with E-state index in [2.05, 4.69) is 38.2 Å². The predicted molar refractivity (Wildman–Crippen MR) is 82.6 cm³/mol. The van der Waals surface area contributed by atoms with Crippen LogP contribution in [0.1, 0.15) is 42.0 Å². The molecule has 1 aromatic rings. The van der Waals surface area contributed by atoms with Crippen molar-refractivity contribution in [1.82, 2.24) is 5.32 Å². The molecule has 0 radical (unpaired) electrons. The number of hydrogen-bond donors (Lipinski definition) is 2. The van der Waals surface area contributed by atoms with Crippen molar-refractivity contribution in [2.75, 3.05) is 0 Å². The van der Waals surface area contributed by atoms with Gasteiger partial charge in [0.25, 0.3) is 0 Å². The van der Waals surface area contributed by atoms with Gasteiger partial charge in [-0.25, -0.2) is 0 Å². The monoisotopic (exact) mass is 284 g/mol. The van der Waals surface area contributed by atoms with E-state index in [1.165, 1.54) is 22.3 Å². The maximum atomic E-state index is 11.8. The Labute approximate surface area is 122 Å². The number of benzene rings is 1. The van der Waals surface area contributed by atoms with E-state index in [-0.39, 0.29) is 24.4 Å². The lowest BCUT2D eigenvalue weighted by Crippen LogP contribution is -2.40. The summed E-state index contributed by atoms with van der Waals surface area (Å²) in [4.78, 5) is 11.8. The number of rotatable bonds is 5.